The Morgan fingerprint density at radius 3 is 2.84 bits per heavy atom. The van der Waals surface area contributed by atoms with E-state index >= 15 is 0 Å². The largest absolute Gasteiger partial charge is 0.481 e. The van der Waals surface area contributed by atoms with Crippen molar-refractivity contribution in [2.24, 2.45) is 0 Å². The fourth-order valence-corrected chi connectivity index (χ4v) is 2.08. The van der Waals surface area contributed by atoms with Crippen molar-refractivity contribution in [3.05, 3.63) is 39.8 Å². The zero-order valence-corrected chi connectivity index (χ0v) is 12.4. The zero-order valence-electron chi connectivity index (χ0n) is 10.0. The van der Waals surface area contributed by atoms with Crippen molar-refractivity contribution in [3.63, 3.8) is 0 Å². The Morgan fingerprint density at radius 2 is 2.21 bits per heavy atom. The van der Waals surface area contributed by atoms with Gasteiger partial charge in [-0.1, -0.05) is 23.7 Å². The van der Waals surface area contributed by atoms with E-state index in [0.29, 0.717) is 34.2 Å². The van der Waals surface area contributed by atoms with E-state index in [4.69, 9.17) is 21.4 Å². The van der Waals surface area contributed by atoms with Gasteiger partial charge in [-0.25, -0.2) is 4.98 Å². The van der Waals surface area contributed by atoms with E-state index in [1.54, 1.807) is 12.1 Å². The highest BCUT2D eigenvalue weighted by atomic mass is 79.9. The van der Waals surface area contributed by atoms with Crippen LogP contribution in [0.25, 0.3) is 0 Å². The summed E-state index contributed by atoms with van der Waals surface area (Å²) in [7, 11) is 0. The summed E-state index contributed by atoms with van der Waals surface area (Å²) in [6, 6.07) is 7.24. The van der Waals surface area contributed by atoms with Gasteiger partial charge in [0.05, 0.1) is 5.02 Å². The number of benzene rings is 1. The fraction of sp³-hybridized carbons (Fsp3) is 0.333. The molecule has 1 aromatic carbocycles. The third-order valence-electron chi connectivity index (χ3n) is 2.51. The number of hydrogen-bond acceptors (Lipinski definition) is 4. The standard InChI is InChI=1S/C12H13BrClN3O2/c13-12-15-11(16-17-12)10(6-3-7-18)19-9-5-2-1-4-8(9)14/h1-2,4-5,10,18H,3,6-7H2,(H,15,16,17). The molecule has 1 aromatic heterocycles. The Balaban J connectivity index is 2.16. The zero-order chi connectivity index (χ0) is 13.7. The monoisotopic (exact) mass is 345 g/mol. The predicted molar refractivity (Wildman–Crippen MR) is 75.2 cm³/mol. The van der Waals surface area contributed by atoms with E-state index in [1.165, 1.54) is 0 Å². The van der Waals surface area contributed by atoms with Crippen LogP contribution in [0.1, 0.15) is 24.8 Å². The van der Waals surface area contributed by atoms with Crippen LogP contribution in [0.5, 0.6) is 5.75 Å². The van der Waals surface area contributed by atoms with E-state index in [0.717, 1.165) is 0 Å². The maximum Gasteiger partial charge on any atom is 0.217 e. The fourth-order valence-electron chi connectivity index (χ4n) is 1.62. The van der Waals surface area contributed by atoms with Crippen molar-refractivity contribution < 1.29 is 9.84 Å². The van der Waals surface area contributed by atoms with Gasteiger partial charge in [0.1, 0.15) is 5.75 Å². The number of ether oxygens (including phenoxy) is 1. The molecule has 102 valence electrons. The normalized spacial score (nSPS) is 12.4. The summed E-state index contributed by atoms with van der Waals surface area (Å²) in [6.07, 6.45) is 0.891. The highest BCUT2D eigenvalue weighted by Crippen LogP contribution is 2.30. The number of rotatable bonds is 6. The van der Waals surface area contributed by atoms with Crippen molar-refractivity contribution >= 4 is 27.5 Å². The lowest BCUT2D eigenvalue weighted by Crippen LogP contribution is -2.10. The maximum absolute atomic E-state index is 8.95. The summed E-state index contributed by atoms with van der Waals surface area (Å²) >= 11 is 9.25. The lowest BCUT2D eigenvalue weighted by molar-refractivity contribution is 0.167. The third kappa shape index (κ3) is 3.92. The minimum Gasteiger partial charge on any atom is -0.481 e. The predicted octanol–water partition coefficient (Wildman–Crippen LogP) is 3.11. The molecule has 5 nitrogen and oxygen atoms in total. The topological polar surface area (TPSA) is 71.0 Å². The number of aliphatic hydroxyl groups is 1. The number of halogens is 2. The summed E-state index contributed by atoms with van der Waals surface area (Å²) in [5.41, 5.74) is 0. The molecule has 7 heteroatoms. The van der Waals surface area contributed by atoms with E-state index in [9.17, 15) is 0 Å². The SMILES string of the molecule is OCCCC(Oc1ccccc1Cl)c1nc(Br)n[nH]1. The molecule has 0 amide bonds. The van der Waals surface area contributed by atoms with Crippen LogP contribution in [0.15, 0.2) is 29.0 Å². The van der Waals surface area contributed by atoms with E-state index in [2.05, 4.69) is 31.1 Å². The molecule has 0 spiro atoms. The number of nitrogens with one attached hydrogen (secondary N) is 1. The molecule has 2 aromatic rings. The number of aliphatic hydroxyl groups excluding tert-OH is 1. The van der Waals surface area contributed by atoms with E-state index in [-0.39, 0.29) is 12.7 Å². The van der Waals surface area contributed by atoms with Gasteiger partial charge in [0, 0.05) is 6.61 Å². The molecule has 0 saturated heterocycles. The summed E-state index contributed by atoms with van der Waals surface area (Å²) < 4.78 is 6.32. The summed E-state index contributed by atoms with van der Waals surface area (Å²) in [5.74, 6) is 1.18. The molecule has 0 aliphatic rings. The van der Waals surface area contributed by atoms with Crippen LogP contribution in [-0.4, -0.2) is 26.9 Å². The number of nitrogens with zero attached hydrogens (tertiary/aromatic N) is 2. The van der Waals surface area contributed by atoms with Crippen LogP contribution >= 0.6 is 27.5 Å². The average molecular weight is 347 g/mol. The molecule has 0 saturated carbocycles. The van der Waals surface area contributed by atoms with Crippen LogP contribution < -0.4 is 4.74 Å². The van der Waals surface area contributed by atoms with Gasteiger partial charge in [-0.15, -0.1) is 5.10 Å². The van der Waals surface area contributed by atoms with Gasteiger partial charge in [-0.3, -0.25) is 5.10 Å². The van der Waals surface area contributed by atoms with Crippen LogP contribution in [-0.2, 0) is 0 Å². The van der Waals surface area contributed by atoms with Gasteiger partial charge >= 0.3 is 0 Å². The van der Waals surface area contributed by atoms with Gasteiger partial charge in [0.2, 0.25) is 4.73 Å². The van der Waals surface area contributed by atoms with Crippen LogP contribution in [0.2, 0.25) is 5.02 Å². The molecule has 1 atom stereocenters. The highest BCUT2D eigenvalue weighted by molar-refractivity contribution is 9.10. The van der Waals surface area contributed by atoms with Crippen molar-refractivity contribution in [2.45, 2.75) is 18.9 Å². The molecule has 1 unspecified atom stereocenters. The molecule has 19 heavy (non-hydrogen) atoms. The van der Waals surface area contributed by atoms with Gasteiger partial charge in [0.15, 0.2) is 11.9 Å². The molecule has 0 bridgehead atoms. The number of aromatic amines is 1. The maximum atomic E-state index is 8.95. The Hall–Kier alpha value is -1.11. The molecule has 1 heterocycles. The molecular weight excluding hydrogens is 334 g/mol. The number of aromatic nitrogens is 3. The lowest BCUT2D eigenvalue weighted by Gasteiger charge is -2.17. The Labute approximate surface area is 124 Å². The van der Waals surface area contributed by atoms with Crippen LogP contribution in [0.3, 0.4) is 0 Å². The minimum atomic E-state index is -0.328. The number of para-hydroxylation sites is 1. The molecule has 2 rings (SSSR count). The first-order valence-corrected chi connectivity index (χ1v) is 6.97. The Bertz CT molecular complexity index is 535. The first-order chi connectivity index (χ1) is 9.20. The summed E-state index contributed by atoms with van der Waals surface area (Å²) in [6.45, 7) is 0.0949. The minimum absolute atomic E-state index is 0.0949. The average Bonchev–Trinajstić information content (AvgIpc) is 2.83. The molecule has 0 fully saturated rings. The van der Waals surface area contributed by atoms with Crippen molar-refractivity contribution in [1.82, 2.24) is 15.2 Å². The molecule has 2 N–H and O–H groups in total. The van der Waals surface area contributed by atoms with E-state index < -0.39 is 0 Å². The van der Waals surface area contributed by atoms with Gasteiger partial charge in [0.25, 0.3) is 0 Å². The summed E-state index contributed by atoms with van der Waals surface area (Å²) in [4.78, 5) is 4.19. The third-order valence-corrected chi connectivity index (χ3v) is 3.18. The van der Waals surface area contributed by atoms with Crippen molar-refractivity contribution in [3.8, 4) is 5.75 Å². The van der Waals surface area contributed by atoms with E-state index in [1.807, 2.05) is 12.1 Å². The number of hydrogen-bond donors (Lipinski definition) is 2. The first kappa shape index (κ1) is 14.3. The lowest BCUT2D eigenvalue weighted by atomic mass is 10.2. The molecule has 0 aliphatic heterocycles. The second-order valence-electron chi connectivity index (χ2n) is 3.89. The smallest absolute Gasteiger partial charge is 0.217 e. The van der Waals surface area contributed by atoms with Gasteiger partial charge < -0.3 is 9.84 Å². The van der Waals surface area contributed by atoms with Gasteiger partial charge in [-0.2, -0.15) is 0 Å². The summed E-state index contributed by atoms with van der Waals surface area (Å²) in [5, 5.41) is 16.2. The van der Waals surface area contributed by atoms with Crippen molar-refractivity contribution in [2.75, 3.05) is 6.61 Å². The van der Waals surface area contributed by atoms with Crippen LogP contribution in [0.4, 0.5) is 0 Å². The highest BCUT2D eigenvalue weighted by Gasteiger charge is 2.18. The second kappa shape index (κ2) is 6.88. The Morgan fingerprint density at radius 1 is 1.42 bits per heavy atom. The van der Waals surface area contributed by atoms with Crippen LogP contribution in [0, 0.1) is 0 Å². The first-order valence-electron chi connectivity index (χ1n) is 5.80. The molecular formula is C12H13BrClN3O2. The molecule has 0 aliphatic carbocycles. The quantitative estimate of drug-likeness (QED) is 0.843. The number of H-pyrrole nitrogens is 1. The van der Waals surface area contributed by atoms with Gasteiger partial charge in [-0.05, 0) is 40.9 Å². The molecule has 0 radical (unpaired) electrons. The second-order valence-corrected chi connectivity index (χ2v) is 5.01. The Kier molecular flexibility index (Phi) is 5.18. The van der Waals surface area contributed by atoms with Crippen molar-refractivity contribution in [1.29, 1.82) is 0 Å².